The van der Waals surface area contributed by atoms with Crippen LogP contribution in [0.5, 0.6) is 0 Å². The van der Waals surface area contributed by atoms with Crippen molar-refractivity contribution in [3.05, 3.63) is 35.9 Å². The molecular weight excluding hydrogens is 234 g/mol. The summed E-state index contributed by atoms with van der Waals surface area (Å²) in [6, 6.07) is 11.6. The summed E-state index contributed by atoms with van der Waals surface area (Å²) in [4.78, 5) is 0. The van der Waals surface area contributed by atoms with Crippen LogP contribution >= 0.6 is 0 Å². The van der Waals surface area contributed by atoms with E-state index in [1.165, 1.54) is 18.4 Å². The quantitative estimate of drug-likeness (QED) is 0.754. The van der Waals surface area contributed by atoms with Gasteiger partial charge in [-0.1, -0.05) is 43.7 Å². The van der Waals surface area contributed by atoms with Gasteiger partial charge in [0.15, 0.2) is 0 Å². The number of hydrogen-bond acceptors (Lipinski definition) is 2. The summed E-state index contributed by atoms with van der Waals surface area (Å²) in [6.07, 6.45) is 3.37. The maximum absolute atomic E-state index is 5.52. The third-order valence-corrected chi connectivity index (χ3v) is 3.62. The minimum atomic E-state index is -0.0696. The van der Waals surface area contributed by atoms with Gasteiger partial charge in [-0.2, -0.15) is 0 Å². The van der Waals surface area contributed by atoms with E-state index in [9.17, 15) is 0 Å². The van der Waals surface area contributed by atoms with Crippen LogP contribution in [0.1, 0.15) is 58.6 Å². The van der Waals surface area contributed by atoms with E-state index >= 15 is 0 Å². The molecule has 1 aromatic carbocycles. The average molecular weight is 263 g/mol. The van der Waals surface area contributed by atoms with Crippen molar-refractivity contribution in [3.63, 3.8) is 0 Å². The van der Waals surface area contributed by atoms with Gasteiger partial charge in [0.2, 0.25) is 0 Å². The van der Waals surface area contributed by atoms with Crippen LogP contribution < -0.4 is 5.32 Å². The van der Waals surface area contributed by atoms with Gasteiger partial charge in [-0.05, 0) is 39.2 Å². The summed E-state index contributed by atoms with van der Waals surface area (Å²) in [6.45, 7) is 8.76. The van der Waals surface area contributed by atoms with Crippen LogP contribution in [0, 0.1) is 0 Å². The van der Waals surface area contributed by atoms with E-state index in [1.807, 2.05) is 0 Å². The molecule has 2 heteroatoms. The lowest BCUT2D eigenvalue weighted by Crippen LogP contribution is -2.37. The standard InChI is InChI=1S/C17H29NO/c1-6-10-16(15-11-8-7-9-12-15)18-14(2)13-17(3,4)19-5/h7-9,11-12,14,16,18H,6,10,13H2,1-5H3. The van der Waals surface area contributed by atoms with Crippen molar-refractivity contribution in [3.8, 4) is 0 Å². The molecule has 0 saturated carbocycles. The Balaban J connectivity index is 2.64. The van der Waals surface area contributed by atoms with Gasteiger partial charge in [-0.15, -0.1) is 0 Å². The number of nitrogens with one attached hydrogen (secondary N) is 1. The molecule has 0 heterocycles. The Kier molecular flexibility index (Phi) is 6.53. The molecule has 0 amide bonds. The monoisotopic (exact) mass is 263 g/mol. The smallest absolute Gasteiger partial charge is 0.0637 e. The van der Waals surface area contributed by atoms with Crippen LogP contribution in [0.2, 0.25) is 0 Å². The van der Waals surface area contributed by atoms with Crippen LogP contribution in [0.3, 0.4) is 0 Å². The molecule has 0 saturated heterocycles. The minimum absolute atomic E-state index is 0.0696. The maximum atomic E-state index is 5.52. The van der Waals surface area contributed by atoms with Gasteiger partial charge in [0.1, 0.15) is 0 Å². The van der Waals surface area contributed by atoms with Crippen LogP contribution in [-0.2, 0) is 4.74 Å². The highest BCUT2D eigenvalue weighted by Crippen LogP contribution is 2.22. The Morgan fingerprint density at radius 3 is 2.37 bits per heavy atom. The van der Waals surface area contributed by atoms with Crippen molar-refractivity contribution in [2.75, 3.05) is 7.11 Å². The lowest BCUT2D eigenvalue weighted by atomic mass is 9.96. The second kappa shape index (κ2) is 7.66. The second-order valence-corrected chi connectivity index (χ2v) is 5.99. The number of benzene rings is 1. The number of rotatable bonds is 8. The van der Waals surface area contributed by atoms with Crippen LogP contribution in [0.25, 0.3) is 0 Å². The Morgan fingerprint density at radius 1 is 1.21 bits per heavy atom. The molecule has 1 rings (SSSR count). The lowest BCUT2D eigenvalue weighted by Gasteiger charge is -2.30. The number of hydrogen-bond donors (Lipinski definition) is 1. The van der Waals surface area contributed by atoms with Crippen LogP contribution in [0.15, 0.2) is 30.3 Å². The highest BCUT2D eigenvalue weighted by Gasteiger charge is 2.22. The second-order valence-electron chi connectivity index (χ2n) is 5.99. The fraction of sp³-hybridized carbons (Fsp3) is 0.647. The van der Waals surface area contributed by atoms with E-state index in [2.05, 4.69) is 63.3 Å². The van der Waals surface area contributed by atoms with Gasteiger partial charge in [-0.25, -0.2) is 0 Å². The SMILES string of the molecule is CCCC(NC(C)CC(C)(C)OC)c1ccccc1. The molecule has 2 atom stereocenters. The molecule has 0 aliphatic carbocycles. The molecule has 0 aliphatic heterocycles. The first-order valence-corrected chi connectivity index (χ1v) is 7.34. The molecule has 19 heavy (non-hydrogen) atoms. The summed E-state index contributed by atoms with van der Waals surface area (Å²) in [7, 11) is 1.79. The van der Waals surface area contributed by atoms with Gasteiger partial charge >= 0.3 is 0 Å². The molecule has 0 fully saturated rings. The first-order valence-electron chi connectivity index (χ1n) is 7.34. The molecule has 0 aromatic heterocycles. The lowest BCUT2D eigenvalue weighted by molar-refractivity contribution is 0.00755. The molecule has 2 nitrogen and oxygen atoms in total. The van der Waals surface area contributed by atoms with Crippen molar-refractivity contribution < 1.29 is 4.74 Å². The van der Waals surface area contributed by atoms with Crippen molar-refractivity contribution in [1.82, 2.24) is 5.32 Å². The summed E-state index contributed by atoms with van der Waals surface area (Å²) in [5.41, 5.74) is 1.31. The van der Waals surface area contributed by atoms with E-state index < -0.39 is 0 Å². The van der Waals surface area contributed by atoms with Crippen molar-refractivity contribution in [1.29, 1.82) is 0 Å². The Hall–Kier alpha value is -0.860. The minimum Gasteiger partial charge on any atom is -0.379 e. The largest absolute Gasteiger partial charge is 0.379 e. The molecule has 1 N–H and O–H groups in total. The van der Waals surface area contributed by atoms with Gasteiger partial charge < -0.3 is 10.1 Å². The zero-order valence-corrected chi connectivity index (χ0v) is 13.1. The summed E-state index contributed by atoms with van der Waals surface area (Å²) in [5, 5.41) is 3.74. The summed E-state index contributed by atoms with van der Waals surface area (Å²) in [5.74, 6) is 0. The predicted molar refractivity (Wildman–Crippen MR) is 82.4 cm³/mol. The predicted octanol–water partition coefficient (Wildman–Crippen LogP) is 4.32. The van der Waals surface area contributed by atoms with E-state index in [0.717, 1.165) is 6.42 Å². The van der Waals surface area contributed by atoms with E-state index in [0.29, 0.717) is 12.1 Å². The van der Waals surface area contributed by atoms with Crippen molar-refractivity contribution in [2.45, 2.75) is 64.6 Å². The van der Waals surface area contributed by atoms with Crippen molar-refractivity contribution >= 4 is 0 Å². The molecule has 108 valence electrons. The molecule has 0 aliphatic rings. The first-order chi connectivity index (χ1) is 8.98. The summed E-state index contributed by atoms with van der Waals surface area (Å²) >= 11 is 0. The third kappa shape index (κ3) is 5.75. The maximum Gasteiger partial charge on any atom is 0.0637 e. The molecule has 0 radical (unpaired) electrons. The Labute approximate surface area is 118 Å². The average Bonchev–Trinajstić information content (AvgIpc) is 2.38. The Morgan fingerprint density at radius 2 is 1.84 bits per heavy atom. The zero-order valence-electron chi connectivity index (χ0n) is 13.1. The Bertz CT molecular complexity index is 348. The molecular formula is C17H29NO. The van der Waals surface area contributed by atoms with Crippen molar-refractivity contribution in [2.24, 2.45) is 0 Å². The number of methoxy groups -OCH3 is 1. The summed E-state index contributed by atoms with van der Waals surface area (Å²) < 4.78 is 5.52. The third-order valence-electron chi connectivity index (χ3n) is 3.62. The molecule has 0 bridgehead atoms. The molecule has 1 aromatic rings. The van der Waals surface area contributed by atoms with E-state index in [-0.39, 0.29) is 5.60 Å². The van der Waals surface area contributed by atoms with E-state index in [4.69, 9.17) is 4.74 Å². The molecule has 2 unspecified atom stereocenters. The first kappa shape index (κ1) is 16.2. The fourth-order valence-corrected chi connectivity index (χ4v) is 2.54. The normalized spacial score (nSPS) is 15.2. The van der Waals surface area contributed by atoms with Crippen LogP contribution in [-0.4, -0.2) is 18.8 Å². The topological polar surface area (TPSA) is 21.3 Å². The van der Waals surface area contributed by atoms with Gasteiger partial charge in [0.05, 0.1) is 5.60 Å². The highest BCUT2D eigenvalue weighted by molar-refractivity contribution is 5.19. The fourth-order valence-electron chi connectivity index (χ4n) is 2.54. The van der Waals surface area contributed by atoms with Crippen LogP contribution in [0.4, 0.5) is 0 Å². The molecule has 0 spiro atoms. The van der Waals surface area contributed by atoms with Gasteiger partial charge in [-0.3, -0.25) is 0 Å². The van der Waals surface area contributed by atoms with Gasteiger partial charge in [0, 0.05) is 19.2 Å². The van der Waals surface area contributed by atoms with E-state index in [1.54, 1.807) is 7.11 Å². The number of ether oxygens (including phenoxy) is 1. The zero-order chi connectivity index (χ0) is 14.3. The highest BCUT2D eigenvalue weighted by atomic mass is 16.5. The van der Waals surface area contributed by atoms with Gasteiger partial charge in [0.25, 0.3) is 0 Å².